The molecule has 2 aliphatic rings. The first-order valence-electron chi connectivity index (χ1n) is 15.1. The monoisotopic (exact) mass is 572 g/mol. The topological polar surface area (TPSA) is 122 Å². The molecule has 1 aromatic heterocycles. The Hall–Kier alpha value is -4.14. The molecule has 0 spiro atoms. The molecule has 2 fully saturated rings. The lowest BCUT2D eigenvalue weighted by Gasteiger charge is -2.29. The van der Waals surface area contributed by atoms with Crippen LogP contribution in [0.4, 0.5) is 0 Å². The molecule has 3 aromatic rings. The van der Waals surface area contributed by atoms with Gasteiger partial charge in [0.2, 0.25) is 11.7 Å². The van der Waals surface area contributed by atoms with Crippen LogP contribution < -0.4 is 26.6 Å². The lowest BCUT2D eigenvalue weighted by atomic mass is 9.82. The minimum atomic E-state index is -0.822. The first-order valence-corrected chi connectivity index (χ1v) is 15.1. The van der Waals surface area contributed by atoms with Crippen molar-refractivity contribution in [1.29, 1.82) is 0 Å². The van der Waals surface area contributed by atoms with Crippen molar-refractivity contribution in [1.82, 2.24) is 20.2 Å². The first-order chi connectivity index (χ1) is 20.4. The number of amides is 2. The van der Waals surface area contributed by atoms with Crippen LogP contribution in [-0.4, -0.2) is 33.4 Å². The molecule has 3 N–H and O–H groups in total. The number of carbonyl (C=O) groups is 2. The zero-order valence-corrected chi connectivity index (χ0v) is 24.1. The Morgan fingerprint density at radius 3 is 2.10 bits per heavy atom. The zero-order chi connectivity index (χ0) is 29.5. The minimum absolute atomic E-state index is 0.0248. The third-order valence-electron chi connectivity index (χ3n) is 8.61. The van der Waals surface area contributed by atoms with Crippen LogP contribution in [0.3, 0.4) is 0 Å². The maximum atomic E-state index is 13.6. The molecule has 0 atom stereocenters. The van der Waals surface area contributed by atoms with Gasteiger partial charge in [0.1, 0.15) is 13.2 Å². The van der Waals surface area contributed by atoms with Gasteiger partial charge in [-0.15, -0.1) is 0 Å². The number of H-pyrrole nitrogens is 1. The summed E-state index contributed by atoms with van der Waals surface area (Å²) in [6, 6.07) is 19.5. The number of carbonyl (C=O) groups excluding carboxylic acids is 2. The van der Waals surface area contributed by atoms with Gasteiger partial charge in [-0.05, 0) is 74.3 Å². The van der Waals surface area contributed by atoms with Crippen LogP contribution in [0.15, 0.2) is 70.3 Å². The van der Waals surface area contributed by atoms with Crippen LogP contribution in [0.25, 0.3) is 0 Å². The summed E-state index contributed by atoms with van der Waals surface area (Å²) in [6.07, 6.45) is 7.23. The van der Waals surface area contributed by atoms with Gasteiger partial charge in [0.25, 0.3) is 11.5 Å². The van der Waals surface area contributed by atoms with Crippen molar-refractivity contribution in [3.05, 3.63) is 98.3 Å². The molecular formula is C33H40N4O5. The van der Waals surface area contributed by atoms with Crippen molar-refractivity contribution in [3.63, 3.8) is 0 Å². The van der Waals surface area contributed by atoms with E-state index in [4.69, 9.17) is 4.74 Å². The van der Waals surface area contributed by atoms with E-state index in [1.807, 2.05) is 48.5 Å². The van der Waals surface area contributed by atoms with Gasteiger partial charge in [0.05, 0.1) is 0 Å². The molecule has 222 valence electrons. The Labute approximate surface area is 245 Å². The number of hydrogen-bond acceptors (Lipinski definition) is 5. The van der Waals surface area contributed by atoms with Crippen molar-refractivity contribution >= 4 is 11.8 Å². The van der Waals surface area contributed by atoms with Gasteiger partial charge in [-0.3, -0.25) is 19.4 Å². The normalized spacial score (nSPS) is 22.2. The highest BCUT2D eigenvalue weighted by Gasteiger charge is 2.28. The summed E-state index contributed by atoms with van der Waals surface area (Å²) in [6.45, 7) is 1.77. The quantitative estimate of drug-likeness (QED) is 0.354. The minimum Gasteiger partial charge on any atom is -0.481 e. The second kappa shape index (κ2) is 13.7. The number of aromatic nitrogens is 2. The van der Waals surface area contributed by atoms with Crippen LogP contribution in [0.5, 0.6) is 5.75 Å². The summed E-state index contributed by atoms with van der Waals surface area (Å²) in [5.41, 5.74) is 0.250. The standard InChI is InChI=1S/C33H40N4O5/c1-22-12-16-26(17-13-22)34-28(38)20-37-32(40)30(42-21-23-8-4-2-5-9-23)29(36-33(37)41)31(39)35-27-18-14-25(15-19-27)24-10-6-3-7-11-24/h2-11,22,25-27H,12-21H2,1H3,(H,34,38)(H,35,39)(H,36,41)/t22-,25?,26+,27?. The Kier molecular flexibility index (Phi) is 9.56. The van der Waals surface area contributed by atoms with E-state index in [1.54, 1.807) is 0 Å². The zero-order valence-electron chi connectivity index (χ0n) is 24.1. The molecule has 2 aromatic carbocycles. The molecule has 0 aliphatic heterocycles. The van der Waals surface area contributed by atoms with Gasteiger partial charge < -0.3 is 15.4 Å². The van der Waals surface area contributed by atoms with Crippen LogP contribution in [0.1, 0.15) is 85.8 Å². The fourth-order valence-corrected chi connectivity index (χ4v) is 6.10. The highest BCUT2D eigenvalue weighted by Crippen LogP contribution is 2.33. The van der Waals surface area contributed by atoms with Crippen LogP contribution in [-0.2, 0) is 17.9 Å². The number of ether oxygens (including phenoxy) is 1. The smallest absolute Gasteiger partial charge is 0.329 e. The van der Waals surface area contributed by atoms with E-state index in [-0.39, 0.29) is 30.1 Å². The molecule has 1 heterocycles. The second-order valence-corrected chi connectivity index (χ2v) is 11.8. The molecule has 9 nitrogen and oxygen atoms in total. The Bertz CT molecular complexity index is 1470. The molecule has 42 heavy (non-hydrogen) atoms. The lowest BCUT2D eigenvalue weighted by molar-refractivity contribution is -0.122. The third kappa shape index (κ3) is 7.38. The fraction of sp³-hybridized carbons (Fsp3) is 0.455. The maximum Gasteiger partial charge on any atom is 0.329 e. The molecule has 9 heteroatoms. The van der Waals surface area contributed by atoms with Gasteiger partial charge in [-0.25, -0.2) is 9.36 Å². The second-order valence-electron chi connectivity index (χ2n) is 11.8. The molecule has 0 radical (unpaired) electrons. The third-order valence-corrected chi connectivity index (χ3v) is 8.61. The summed E-state index contributed by atoms with van der Waals surface area (Å²) in [5.74, 6) is -0.179. The predicted molar refractivity (Wildman–Crippen MR) is 161 cm³/mol. The average Bonchev–Trinajstić information content (AvgIpc) is 3.01. The largest absolute Gasteiger partial charge is 0.481 e. The van der Waals surface area contributed by atoms with Crippen LogP contribution >= 0.6 is 0 Å². The van der Waals surface area contributed by atoms with E-state index >= 15 is 0 Å². The summed E-state index contributed by atoms with van der Waals surface area (Å²) >= 11 is 0. The van der Waals surface area contributed by atoms with Crippen LogP contribution in [0, 0.1) is 5.92 Å². The van der Waals surface area contributed by atoms with E-state index in [9.17, 15) is 19.2 Å². The van der Waals surface area contributed by atoms with E-state index in [2.05, 4.69) is 34.7 Å². The van der Waals surface area contributed by atoms with Gasteiger partial charge in [0, 0.05) is 12.1 Å². The molecule has 2 amide bonds. The van der Waals surface area contributed by atoms with Crippen LogP contribution in [0.2, 0.25) is 0 Å². The number of aromatic amines is 1. The Morgan fingerprint density at radius 2 is 1.43 bits per heavy atom. The van der Waals surface area contributed by atoms with Crippen molar-refractivity contribution in [2.24, 2.45) is 5.92 Å². The molecule has 0 unspecified atom stereocenters. The summed E-state index contributed by atoms with van der Waals surface area (Å²) in [4.78, 5) is 55.4. The number of benzene rings is 2. The number of hydrogen-bond donors (Lipinski definition) is 3. The molecule has 2 aliphatic carbocycles. The van der Waals surface area contributed by atoms with Gasteiger partial charge in [-0.2, -0.15) is 0 Å². The molecular weight excluding hydrogens is 532 g/mol. The highest BCUT2D eigenvalue weighted by molar-refractivity contribution is 5.95. The first kappa shape index (κ1) is 29.4. The maximum absolute atomic E-state index is 13.6. The Balaban J connectivity index is 1.32. The number of nitrogens with zero attached hydrogens (tertiary/aromatic N) is 1. The van der Waals surface area contributed by atoms with Gasteiger partial charge in [-0.1, -0.05) is 67.6 Å². The number of rotatable bonds is 9. The van der Waals surface area contributed by atoms with Gasteiger partial charge in [0.15, 0.2) is 5.69 Å². The van der Waals surface area contributed by atoms with Crippen molar-refractivity contribution in [3.8, 4) is 5.75 Å². The molecule has 0 saturated heterocycles. The number of nitrogens with one attached hydrogen (secondary N) is 3. The Morgan fingerprint density at radius 1 is 0.833 bits per heavy atom. The molecule has 2 saturated carbocycles. The predicted octanol–water partition coefficient (Wildman–Crippen LogP) is 4.27. The summed E-state index contributed by atoms with van der Waals surface area (Å²) in [5, 5.41) is 5.96. The van der Waals surface area contributed by atoms with Crippen molar-refractivity contribution in [2.45, 2.75) is 89.4 Å². The SMILES string of the molecule is C[C@H]1CC[C@@H](NC(=O)Cn2c(=O)[nH]c(C(=O)NC3CCC(c4ccccc4)CC3)c(OCc3ccccc3)c2=O)CC1. The van der Waals surface area contributed by atoms with Crippen molar-refractivity contribution < 1.29 is 14.3 Å². The highest BCUT2D eigenvalue weighted by atomic mass is 16.5. The van der Waals surface area contributed by atoms with E-state index in [1.165, 1.54) is 5.56 Å². The molecule has 5 rings (SSSR count). The van der Waals surface area contributed by atoms with E-state index in [0.29, 0.717) is 11.8 Å². The van der Waals surface area contributed by atoms with Crippen molar-refractivity contribution in [2.75, 3.05) is 0 Å². The summed E-state index contributed by atoms with van der Waals surface area (Å²) < 4.78 is 6.69. The van der Waals surface area contributed by atoms with Gasteiger partial charge >= 0.3 is 5.69 Å². The average molecular weight is 573 g/mol. The lowest BCUT2D eigenvalue weighted by Crippen LogP contribution is -2.46. The molecule has 0 bridgehead atoms. The fourth-order valence-electron chi connectivity index (χ4n) is 6.10. The van der Waals surface area contributed by atoms with E-state index in [0.717, 1.165) is 61.5 Å². The summed E-state index contributed by atoms with van der Waals surface area (Å²) in [7, 11) is 0. The van der Waals surface area contributed by atoms with E-state index < -0.39 is 29.6 Å².